The van der Waals surface area contributed by atoms with Crippen molar-refractivity contribution in [2.75, 3.05) is 0 Å². The Labute approximate surface area is 110 Å². The second-order valence-electron chi connectivity index (χ2n) is 5.29. The Bertz CT molecular complexity index is 196. The van der Waals surface area contributed by atoms with Gasteiger partial charge in [-0.1, -0.05) is 44.1 Å². The molecule has 94 valence electrons. The average Bonchev–Trinajstić information content (AvgIpc) is 2.80. The Hall–Kier alpha value is 0.660. The van der Waals surface area contributed by atoms with E-state index < -0.39 is 0 Å². The van der Waals surface area contributed by atoms with Gasteiger partial charge in [0, 0.05) is 12.1 Å². The second kappa shape index (κ2) is 6.55. The van der Waals surface area contributed by atoms with Gasteiger partial charge >= 0.3 is 0 Å². The summed E-state index contributed by atoms with van der Waals surface area (Å²) in [6, 6.07) is 1.69. The summed E-state index contributed by atoms with van der Waals surface area (Å²) in [5.41, 5.74) is 0. The first kappa shape index (κ1) is 13.1. The zero-order valence-electron chi connectivity index (χ0n) is 10.4. The summed E-state index contributed by atoms with van der Waals surface area (Å²) >= 11 is 6.57. The Morgan fingerprint density at radius 2 is 1.38 bits per heavy atom. The fourth-order valence-corrected chi connectivity index (χ4v) is 4.59. The molecule has 2 fully saturated rings. The molecule has 0 aromatic heterocycles. The van der Waals surface area contributed by atoms with Crippen LogP contribution in [0.2, 0.25) is 0 Å². The molecule has 0 bridgehead atoms. The molecule has 0 aromatic carbocycles. The van der Waals surface area contributed by atoms with E-state index in [-0.39, 0.29) is 0 Å². The number of hydrogen-bond donors (Lipinski definition) is 1. The highest BCUT2D eigenvalue weighted by atomic mass is 32.2. The maximum Gasteiger partial charge on any atom is 0.0591 e. The monoisotopic (exact) mass is 259 g/mol. The summed E-state index contributed by atoms with van der Waals surface area (Å²) in [5.74, 6) is 0. The van der Waals surface area contributed by atoms with Crippen molar-refractivity contribution in [3.63, 3.8) is 0 Å². The molecule has 0 saturated heterocycles. The molecule has 3 heteroatoms. The minimum absolute atomic E-state index is 0.447. The van der Waals surface area contributed by atoms with E-state index in [9.17, 15) is 0 Å². The molecule has 0 amide bonds. The molecule has 1 unspecified atom stereocenters. The van der Waals surface area contributed by atoms with Gasteiger partial charge in [0.1, 0.15) is 0 Å². The predicted molar refractivity (Wildman–Crippen MR) is 77.0 cm³/mol. The van der Waals surface area contributed by atoms with Crippen LogP contribution in [0.1, 0.15) is 64.7 Å². The first-order valence-corrected chi connectivity index (χ1v) is 8.26. The van der Waals surface area contributed by atoms with Crippen LogP contribution in [-0.4, -0.2) is 21.0 Å². The topological polar surface area (TPSA) is 3.24 Å². The van der Waals surface area contributed by atoms with Crippen molar-refractivity contribution >= 4 is 24.6 Å². The fraction of sp³-hybridized carbons (Fsp3) is 1.00. The van der Waals surface area contributed by atoms with Crippen molar-refractivity contribution in [3.8, 4) is 0 Å². The quantitative estimate of drug-likeness (QED) is 0.450. The van der Waals surface area contributed by atoms with Gasteiger partial charge in [0.2, 0.25) is 0 Å². The van der Waals surface area contributed by atoms with E-state index in [1.165, 1.54) is 57.8 Å². The summed E-state index contributed by atoms with van der Waals surface area (Å²) in [7, 11) is 0. The Morgan fingerprint density at radius 1 is 0.938 bits per heavy atom. The van der Waals surface area contributed by atoms with E-state index in [1.807, 2.05) is 11.9 Å². The first-order chi connectivity index (χ1) is 7.77. The van der Waals surface area contributed by atoms with E-state index >= 15 is 0 Å². The molecule has 0 radical (unpaired) electrons. The summed E-state index contributed by atoms with van der Waals surface area (Å²) in [4.78, 5) is 0. The molecule has 0 aromatic rings. The van der Waals surface area contributed by atoms with Gasteiger partial charge < -0.3 is 0 Å². The fourth-order valence-electron chi connectivity index (χ4n) is 3.14. The van der Waals surface area contributed by atoms with Crippen LogP contribution >= 0.6 is 24.6 Å². The lowest BCUT2D eigenvalue weighted by Gasteiger charge is -2.38. The molecular formula is C13H25NS2. The zero-order valence-corrected chi connectivity index (χ0v) is 12.1. The van der Waals surface area contributed by atoms with Crippen LogP contribution in [0.3, 0.4) is 0 Å². The normalized spacial score (nSPS) is 26.4. The van der Waals surface area contributed by atoms with Gasteiger partial charge in [-0.2, -0.15) is 12.6 Å². The Morgan fingerprint density at radius 3 is 1.81 bits per heavy atom. The molecule has 0 aliphatic heterocycles. The largest absolute Gasteiger partial charge is 0.244 e. The highest BCUT2D eigenvalue weighted by Crippen LogP contribution is 2.37. The summed E-state index contributed by atoms with van der Waals surface area (Å²) in [5, 5.41) is 0. The van der Waals surface area contributed by atoms with Crippen LogP contribution in [-0.2, 0) is 0 Å². The SMILES string of the molecule is CC(S)SN(C1CCCCC1)C1CCCC1. The van der Waals surface area contributed by atoms with Crippen molar-refractivity contribution < 1.29 is 0 Å². The van der Waals surface area contributed by atoms with Crippen molar-refractivity contribution in [1.29, 1.82) is 0 Å². The third-order valence-corrected chi connectivity index (χ3v) is 5.32. The highest BCUT2D eigenvalue weighted by molar-refractivity contribution is 8.08. The van der Waals surface area contributed by atoms with Gasteiger partial charge in [0.05, 0.1) is 4.58 Å². The van der Waals surface area contributed by atoms with E-state index in [1.54, 1.807) is 0 Å². The molecule has 1 atom stereocenters. The maximum absolute atomic E-state index is 4.57. The van der Waals surface area contributed by atoms with Crippen molar-refractivity contribution in [1.82, 2.24) is 4.31 Å². The summed E-state index contributed by atoms with van der Waals surface area (Å²) in [6.07, 6.45) is 12.9. The first-order valence-electron chi connectivity index (χ1n) is 6.90. The van der Waals surface area contributed by atoms with E-state index in [0.717, 1.165) is 12.1 Å². The summed E-state index contributed by atoms with van der Waals surface area (Å²) in [6.45, 7) is 2.21. The standard InChI is InChI=1S/C13H25NS2/c1-11(15)16-14(13-9-5-6-10-13)12-7-3-2-4-8-12/h11-13,15H,2-10H2,1H3. The van der Waals surface area contributed by atoms with Gasteiger partial charge in [-0.3, -0.25) is 0 Å². The van der Waals surface area contributed by atoms with Gasteiger partial charge in [-0.15, -0.1) is 0 Å². The second-order valence-corrected chi connectivity index (χ2v) is 7.76. The molecule has 2 rings (SSSR count). The Kier molecular flexibility index (Phi) is 5.37. The third kappa shape index (κ3) is 3.58. The molecule has 0 heterocycles. The number of thiol groups is 1. The van der Waals surface area contributed by atoms with Crippen LogP contribution < -0.4 is 0 Å². The maximum atomic E-state index is 4.57. The van der Waals surface area contributed by atoms with E-state index in [0.29, 0.717) is 4.58 Å². The molecule has 0 N–H and O–H groups in total. The number of nitrogens with zero attached hydrogens (tertiary/aromatic N) is 1. The van der Waals surface area contributed by atoms with Gasteiger partial charge in [0.15, 0.2) is 0 Å². The molecule has 1 nitrogen and oxygen atoms in total. The van der Waals surface area contributed by atoms with Crippen molar-refractivity contribution in [3.05, 3.63) is 0 Å². The molecule has 2 aliphatic carbocycles. The van der Waals surface area contributed by atoms with Crippen molar-refractivity contribution in [2.45, 2.75) is 81.4 Å². The Balaban J connectivity index is 1.94. The lowest BCUT2D eigenvalue weighted by molar-refractivity contribution is 0.221. The summed E-state index contributed by atoms with van der Waals surface area (Å²) < 4.78 is 3.19. The molecule has 2 saturated carbocycles. The third-order valence-electron chi connectivity index (χ3n) is 3.89. The van der Waals surface area contributed by atoms with Crippen LogP contribution in [0.15, 0.2) is 0 Å². The van der Waals surface area contributed by atoms with E-state index in [2.05, 4.69) is 23.9 Å². The molecular weight excluding hydrogens is 234 g/mol. The number of rotatable bonds is 4. The van der Waals surface area contributed by atoms with Crippen LogP contribution in [0.25, 0.3) is 0 Å². The van der Waals surface area contributed by atoms with E-state index in [4.69, 9.17) is 0 Å². The minimum atomic E-state index is 0.447. The van der Waals surface area contributed by atoms with Gasteiger partial charge in [0.25, 0.3) is 0 Å². The minimum Gasteiger partial charge on any atom is -0.244 e. The molecule has 2 aliphatic rings. The molecule has 0 spiro atoms. The smallest absolute Gasteiger partial charge is 0.0591 e. The number of hydrogen-bond acceptors (Lipinski definition) is 3. The van der Waals surface area contributed by atoms with Gasteiger partial charge in [-0.25, -0.2) is 4.31 Å². The van der Waals surface area contributed by atoms with Gasteiger partial charge in [-0.05, 0) is 32.6 Å². The van der Waals surface area contributed by atoms with Crippen LogP contribution in [0.4, 0.5) is 0 Å². The van der Waals surface area contributed by atoms with Crippen molar-refractivity contribution in [2.24, 2.45) is 0 Å². The zero-order chi connectivity index (χ0) is 11.4. The highest BCUT2D eigenvalue weighted by Gasteiger charge is 2.30. The lowest BCUT2D eigenvalue weighted by atomic mass is 9.94. The average molecular weight is 259 g/mol. The predicted octanol–water partition coefficient (Wildman–Crippen LogP) is 4.49. The lowest BCUT2D eigenvalue weighted by Crippen LogP contribution is -2.38. The molecule has 16 heavy (non-hydrogen) atoms. The van der Waals surface area contributed by atoms with Crippen LogP contribution in [0, 0.1) is 0 Å². The van der Waals surface area contributed by atoms with Crippen LogP contribution in [0.5, 0.6) is 0 Å².